The molecule has 0 aliphatic heterocycles. The van der Waals surface area contributed by atoms with Crippen LogP contribution in [0.5, 0.6) is 0 Å². The standard InChI is InChI=1S/C15H25N3O2/c1-3-4-5-6-7-8-12-17-14-11-9-10-13(16-2)15(14)18(19)20/h9-11,16-17H,3-8,12H2,1-2H3. The predicted molar refractivity (Wildman–Crippen MR) is 84.5 cm³/mol. The van der Waals surface area contributed by atoms with Gasteiger partial charge in [-0.25, -0.2) is 0 Å². The molecule has 0 unspecified atom stereocenters. The quantitative estimate of drug-likeness (QED) is 0.378. The van der Waals surface area contributed by atoms with Crippen molar-refractivity contribution in [2.45, 2.75) is 45.4 Å². The SMILES string of the molecule is CCCCCCCCNc1cccc(NC)c1[N+](=O)[O-]. The lowest BCUT2D eigenvalue weighted by Gasteiger charge is -2.09. The van der Waals surface area contributed by atoms with Crippen LogP contribution in [0.4, 0.5) is 17.1 Å². The zero-order valence-electron chi connectivity index (χ0n) is 12.4. The number of benzene rings is 1. The van der Waals surface area contributed by atoms with Crippen molar-refractivity contribution >= 4 is 17.1 Å². The van der Waals surface area contributed by atoms with Gasteiger partial charge in [-0.3, -0.25) is 10.1 Å². The third-order valence-corrected chi connectivity index (χ3v) is 3.33. The summed E-state index contributed by atoms with van der Waals surface area (Å²) in [6.07, 6.45) is 7.29. The fourth-order valence-corrected chi connectivity index (χ4v) is 2.21. The molecule has 0 amide bonds. The third kappa shape index (κ3) is 5.07. The summed E-state index contributed by atoms with van der Waals surface area (Å²) in [5.74, 6) is 0. The van der Waals surface area contributed by atoms with Gasteiger partial charge in [-0.05, 0) is 18.6 Å². The van der Waals surface area contributed by atoms with Gasteiger partial charge >= 0.3 is 5.69 Å². The Hall–Kier alpha value is -1.78. The number of unbranched alkanes of at least 4 members (excludes halogenated alkanes) is 5. The molecule has 0 aromatic heterocycles. The van der Waals surface area contributed by atoms with E-state index < -0.39 is 0 Å². The number of nitrogens with zero attached hydrogens (tertiary/aromatic N) is 1. The van der Waals surface area contributed by atoms with Crippen LogP contribution in [0.3, 0.4) is 0 Å². The van der Waals surface area contributed by atoms with Crippen LogP contribution in [0.25, 0.3) is 0 Å². The molecule has 0 atom stereocenters. The number of hydrogen-bond acceptors (Lipinski definition) is 4. The second-order valence-corrected chi connectivity index (χ2v) is 4.90. The van der Waals surface area contributed by atoms with Crippen molar-refractivity contribution in [2.75, 3.05) is 24.2 Å². The van der Waals surface area contributed by atoms with E-state index in [1.807, 2.05) is 6.07 Å². The van der Waals surface area contributed by atoms with Gasteiger partial charge < -0.3 is 10.6 Å². The van der Waals surface area contributed by atoms with E-state index in [4.69, 9.17) is 0 Å². The van der Waals surface area contributed by atoms with Crippen molar-refractivity contribution in [1.29, 1.82) is 0 Å². The first-order chi connectivity index (χ1) is 9.70. The number of nitro benzene ring substituents is 1. The maximum absolute atomic E-state index is 11.1. The number of anilines is 2. The van der Waals surface area contributed by atoms with Crippen molar-refractivity contribution in [3.8, 4) is 0 Å². The molecule has 1 rings (SSSR count). The van der Waals surface area contributed by atoms with Gasteiger partial charge in [0.2, 0.25) is 0 Å². The van der Waals surface area contributed by atoms with Crippen LogP contribution in [0, 0.1) is 10.1 Å². The van der Waals surface area contributed by atoms with E-state index in [2.05, 4.69) is 17.6 Å². The van der Waals surface area contributed by atoms with E-state index >= 15 is 0 Å². The number of nitrogens with one attached hydrogen (secondary N) is 2. The van der Waals surface area contributed by atoms with E-state index in [-0.39, 0.29) is 10.6 Å². The van der Waals surface area contributed by atoms with Crippen LogP contribution in [0.2, 0.25) is 0 Å². The zero-order valence-corrected chi connectivity index (χ0v) is 12.4. The molecule has 20 heavy (non-hydrogen) atoms. The summed E-state index contributed by atoms with van der Waals surface area (Å²) in [7, 11) is 1.69. The van der Waals surface area contributed by atoms with Crippen LogP contribution in [0.15, 0.2) is 18.2 Å². The Balaban J connectivity index is 2.45. The predicted octanol–water partition coefficient (Wildman–Crippen LogP) is 4.41. The van der Waals surface area contributed by atoms with Crippen molar-refractivity contribution in [1.82, 2.24) is 0 Å². The molecule has 0 spiro atoms. The molecule has 1 aromatic carbocycles. The maximum Gasteiger partial charge on any atom is 0.315 e. The molecule has 0 heterocycles. The van der Waals surface area contributed by atoms with E-state index in [1.165, 1.54) is 32.1 Å². The number of hydrogen-bond donors (Lipinski definition) is 2. The lowest BCUT2D eigenvalue weighted by Crippen LogP contribution is -2.06. The van der Waals surface area contributed by atoms with Crippen LogP contribution in [0.1, 0.15) is 45.4 Å². The van der Waals surface area contributed by atoms with Crippen LogP contribution < -0.4 is 10.6 Å². The van der Waals surface area contributed by atoms with Crippen LogP contribution in [-0.4, -0.2) is 18.5 Å². The van der Waals surface area contributed by atoms with Crippen LogP contribution in [-0.2, 0) is 0 Å². The highest BCUT2D eigenvalue weighted by Crippen LogP contribution is 2.32. The van der Waals surface area contributed by atoms with Gasteiger partial charge in [-0.2, -0.15) is 0 Å². The second-order valence-electron chi connectivity index (χ2n) is 4.90. The molecule has 0 saturated heterocycles. The van der Waals surface area contributed by atoms with Gasteiger partial charge in [0.15, 0.2) is 0 Å². The lowest BCUT2D eigenvalue weighted by atomic mass is 10.1. The zero-order chi connectivity index (χ0) is 14.8. The largest absolute Gasteiger partial charge is 0.382 e. The summed E-state index contributed by atoms with van der Waals surface area (Å²) in [4.78, 5) is 10.8. The molecule has 0 fully saturated rings. The minimum Gasteiger partial charge on any atom is -0.382 e. The maximum atomic E-state index is 11.1. The number of nitro groups is 1. The molecule has 0 aliphatic rings. The molecule has 1 aromatic rings. The minimum absolute atomic E-state index is 0.126. The molecule has 112 valence electrons. The average Bonchev–Trinajstić information content (AvgIpc) is 2.45. The normalized spacial score (nSPS) is 10.3. The number of para-hydroxylation sites is 1. The Morgan fingerprint density at radius 3 is 2.40 bits per heavy atom. The van der Waals surface area contributed by atoms with Crippen molar-refractivity contribution in [2.24, 2.45) is 0 Å². The molecule has 0 saturated carbocycles. The van der Waals surface area contributed by atoms with Gasteiger partial charge in [0.1, 0.15) is 11.4 Å². The highest BCUT2D eigenvalue weighted by molar-refractivity contribution is 5.75. The highest BCUT2D eigenvalue weighted by atomic mass is 16.6. The van der Waals surface area contributed by atoms with E-state index in [1.54, 1.807) is 19.2 Å². The summed E-state index contributed by atoms with van der Waals surface area (Å²) in [5, 5.41) is 17.2. The van der Waals surface area contributed by atoms with Crippen molar-refractivity contribution < 1.29 is 4.92 Å². The van der Waals surface area contributed by atoms with Crippen molar-refractivity contribution in [3.05, 3.63) is 28.3 Å². The summed E-state index contributed by atoms with van der Waals surface area (Å²) in [6.45, 7) is 2.98. The second kappa shape index (κ2) is 9.18. The lowest BCUT2D eigenvalue weighted by molar-refractivity contribution is -0.383. The van der Waals surface area contributed by atoms with Gasteiger partial charge in [0.05, 0.1) is 4.92 Å². The van der Waals surface area contributed by atoms with Crippen molar-refractivity contribution in [3.63, 3.8) is 0 Å². The molecule has 5 nitrogen and oxygen atoms in total. The average molecular weight is 279 g/mol. The molecule has 0 radical (unpaired) electrons. The van der Waals surface area contributed by atoms with Gasteiger partial charge in [-0.15, -0.1) is 0 Å². The first-order valence-electron chi connectivity index (χ1n) is 7.39. The molecular weight excluding hydrogens is 254 g/mol. The van der Waals surface area contributed by atoms with E-state index in [0.29, 0.717) is 11.4 Å². The summed E-state index contributed by atoms with van der Waals surface area (Å²) >= 11 is 0. The third-order valence-electron chi connectivity index (χ3n) is 3.33. The van der Waals surface area contributed by atoms with E-state index in [9.17, 15) is 10.1 Å². The topological polar surface area (TPSA) is 67.2 Å². The summed E-state index contributed by atoms with van der Waals surface area (Å²) in [5.41, 5.74) is 1.26. The van der Waals surface area contributed by atoms with E-state index in [0.717, 1.165) is 13.0 Å². The van der Waals surface area contributed by atoms with Gasteiger partial charge in [-0.1, -0.05) is 45.1 Å². The fourth-order valence-electron chi connectivity index (χ4n) is 2.21. The Kier molecular flexibility index (Phi) is 7.47. The first-order valence-corrected chi connectivity index (χ1v) is 7.39. The van der Waals surface area contributed by atoms with Gasteiger partial charge in [0, 0.05) is 13.6 Å². The fraction of sp³-hybridized carbons (Fsp3) is 0.600. The molecule has 5 heteroatoms. The minimum atomic E-state index is -0.338. The molecule has 0 aliphatic carbocycles. The Labute approximate surface area is 120 Å². The van der Waals surface area contributed by atoms with Crippen LogP contribution >= 0.6 is 0 Å². The Bertz CT molecular complexity index is 422. The first kappa shape index (κ1) is 16.3. The number of rotatable bonds is 10. The summed E-state index contributed by atoms with van der Waals surface area (Å²) in [6, 6.07) is 5.30. The van der Waals surface area contributed by atoms with Gasteiger partial charge in [0.25, 0.3) is 0 Å². The Morgan fingerprint density at radius 2 is 1.75 bits per heavy atom. The summed E-state index contributed by atoms with van der Waals surface area (Å²) < 4.78 is 0. The highest BCUT2D eigenvalue weighted by Gasteiger charge is 2.18. The molecular formula is C15H25N3O2. The molecule has 2 N–H and O–H groups in total. The molecule has 0 bridgehead atoms. The monoisotopic (exact) mass is 279 g/mol. The Morgan fingerprint density at radius 1 is 1.10 bits per heavy atom. The smallest absolute Gasteiger partial charge is 0.315 e.